The van der Waals surface area contributed by atoms with Crippen LogP contribution in [0.25, 0.3) is 39.0 Å². The summed E-state index contributed by atoms with van der Waals surface area (Å²) in [5, 5.41) is 1.28. The summed E-state index contributed by atoms with van der Waals surface area (Å²) in [7, 11) is 0. The highest BCUT2D eigenvalue weighted by atomic mass is 32.1. The van der Waals surface area contributed by atoms with Crippen LogP contribution in [0.5, 0.6) is 0 Å². The fourth-order valence-electron chi connectivity index (χ4n) is 3.82. The number of hydrogen-bond donors (Lipinski definition) is 0. The second-order valence-electron chi connectivity index (χ2n) is 6.80. The van der Waals surface area contributed by atoms with Crippen molar-refractivity contribution in [3.63, 3.8) is 0 Å². The first-order valence-corrected chi connectivity index (χ1v) is 10.4. The molecule has 0 radical (unpaired) electrons. The molecule has 28 heavy (non-hydrogen) atoms. The normalized spacial score (nSPS) is 11.8. The Morgan fingerprint density at radius 3 is 2.54 bits per heavy atom. The van der Waals surface area contributed by atoms with Crippen LogP contribution in [0.3, 0.4) is 0 Å². The van der Waals surface area contributed by atoms with Crippen molar-refractivity contribution in [2.45, 2.75) is 13.5 Å². The van der Waals surface area contributed by atoms with E-state index >= 15 is 0 Å². The summed E-state index contributed by atoms with van der Waals surface area (Å²) in [5.41, 5.74) is 6.28. The van der Waals surface area contributed by atoms with Crippen LogP contribution in [-0.4, -0.2) is 4.40 Å². The van der Waals surface area contributed by atoms with E-state index in [9.17, 15) is 0 Å². The van der Waals surface area contributed by atoms with Gasteiger partial charge in [-0.1, -0.05) is 59.9 Å². The van der Waals surface area contributed by atoms with E-state index in [4.69, 9.17) is 0 Å². The van der Waals surface area contributed by atoms with E-state index in [2.05, 4.69) is 113 Å². The number of benzene rings is 2. The van der Waals surface area contributed by atoms with E-state index < -0.39 is 0 Å². The molecule has 3 heterocycles. The molecule has 0 unspecified atom stereocenters. The fraction of sp³-hybridized carbons (Fsp3) is 0.0800. The highest BCUT2D eigenvalue weighted by molar-refractivity contribution is 7.18. The van der Waals surface area contributed by atoms with Gasteiger partial charge in [0.25, 0.3) is 5.01 Å². The van der Waals surface area contributed by atoms with Gasteiger partial charge in [-0.15, -0.1) is 0 Å². The van der Waals surface area contributed by atoms with Crippen LogP contribution >= 0.6 is 11.3 Å². The quantitative estimate of drug-likeness (QED) is 0.323. The molecule has 0 saturated heterocycles. The molecule has 0 aliphatic carbocycles. The first-order valence-electron chi connectivity index (χ1n) is 9.59. The fourth-order valence-corrected chi connectivity index (χ4v) is 4.95. The van der Waals surface area contributed by atoms with Crippen molar-refractivity contribution < 1.29 is 4.57 Å². The summed E-state index contributed by atoms with van der Waals surface area (Å²) in [5.74, 6) is 0. The first kappa shape index (κ1) is 17.0. The van der Waals surface area contributed by atoms with Gasteiger partial charge in [-0.05, 0) is 36.8 Å². The predicted octanol–water partition coefficient (Wildman–Crippen LogP) is 6.30. The Bertz CT molecular complexity index is 1290. The van der Waals surface area contributed by atoms with Crippen LogP contribution in [0, 0.1) is 0 Å². The lowest BCUT2D eigenvalue weighted by Crippen LogP contribution is -2.33. The average molecular weight is 382 g/mol. The number of pyridine rings is 1. The molecule has 3 aromatic heterocycles. The number of hydrogen-bond acceptors (Lipinski definition) is 1. The molecule has 0 aliphatic heterocycles. The Balaban J connectivity index is 1.68. The molecule has 0 amide bonds. The highest BCUT2D eigenvalue weighted by Crippen LogP contribution is 2.31. The van der Waals surface area contributed by atoms with Crippen molar-refractivity contribution in [3.05, 3.63) is 95.8 Å². The van der Waals surface area contributed by atoms with E-state index in [1.54, 1.807) is 0 Å². The van der Waals surface area contributed by atoms with E-state index in [0.717, 1.165) is 6.54 Å². The van der Waals surface area contributed by atoms with Gasteiger partial charge < -0.3 is 4.40 Å². The van der Waals surface area contributed by atoms with Crippen LogP contribution < -0.4 is 4.57 Å². The van der Waals surface area contributed by atoms with Gasteiger partial charge in [-0.2, -0.15) is 4.57 Å². The van der Waals surface area contributed by atoms with Crippen molar-refractivity contribution in [1.29, 1.82) is 0 Å². The first-order chi connectivity index (χ1) is 13.8. The summed E-state index contributed by atoms with van der Waals surface area (Å²) in [6.45, 7) is 3.17. The maximum absolute atomic E-state index is 2.39. The summed E-state index contributed by atoms with van der Waals surface area (Å²) in [6.07, 6.45) is 8.88. The molecule has 5 aromatic rings. The van der Waals surface area contributed by atoms with Gasteiger partial charge in [0.2, 0.25) is 5.52 Å². The molecule has 0 bridgehead atoms. The number of nitrogens with zero attached hydrogens (tertiary/aromatic N) is 2. The van der Waals surface area contributed by atoms with Gasteiger partial charge in [0, 0.05) is 35.7 Å². The van der Waals surface area contributed by atoms with Crippen LogP contribution in [-0.2, 0) is 6.54 Å². The zero-order chi connectivity index (χ0) is 18.9. The molecule has 0 N–H and O–H groups in total. The number of para-hydroxylation sites is 1. The average Bonchev–Trinajstić information content (AvgIpc) is 3.30. The molecule has 0 fully saturated rings. The van der Waals surface area contributed by atoms with Crippen LogP contribution in [0.1, 0.15) is 17.5 Å². The third-order valence-electron chi connectivity index (χ3n) is 5.15. The number of aryl methyl sites for hydroxylation is 1. The molecular formula is C25H21N2S+. The minimum absolute atomic E-state index is 0.964. The summed E-state index contributed by atoms with van der Waals surface area (Å²) in [4.78, 5) is 0. The SMILES string of the molecule is CC[n+]1c(/C=C/c2c(-c3ccccc3)cn3ccccc23)sc2ccccc21. The van der Waals surface area contributed by atoms with E-state index in [0.29, 0.717) is 0 Å². The Morgan fingerprint density at radius 2 is 1.68 bits per heavy atom. The third-order valence-corrected chi connectivity index (χ3v) is 6.29. The number of thiazole rings is 1. The maximum atomic E-state index is 2.39. The zero-order valence-electron chi connectivity index (χ0n) is 15.7. The summed E-state index contributed by atoms with van der Waals surface area (Å²) >= 11 is 1.85. The van der Waals surface area contributed by atoms with Crippen molar-refractivity contribution in [2.75, 3.05) is 0 Å². The van der Waals surface area contributed by atoms with Gasteiger partial charge in [-0.3, -0.25) is 0 Å². The topological polar surface area (TPSA) is 8.29 Å². The van der Waals surface area contributed by atoms with Gasteiger partial charge in [0.05, 0.1) is 5.52 Å². The number of aromatic nitrogens is 2. The molecule has 5 rings (SSSR count). The third kappa shape index (κ3) is 2.85. The lowest BCUT2D eigenvalue weighted by atomic mass is 10.0. The molecule has 0 spiro atoms. The van der Waals surface area contributed by atoms with E-state index in [1.165, 1.54) is 37.4 Å². The van der Waals surface area contributed by atoms with Crippen molar-refractivity contribution in [1.82, 2.24) is 4.40 Å². The van der Waals surface area contributed by atoms with Crippen LogP contribution in [0.2, 0.25) is 0 Å². The van der Waals surface area contributed by atoms with Gasteiger partial charge in [-0.25, -0.2) is 0 Å². The summed E-state index contributed by atoms with van der Waals surface area (Å²) in [6, 6.07) is 25.6. The molecule has 0 saturated carbocycles. The second-order valence-corrected chi connectivity index (χ2v) is 7.86. The van der Waals surface area contributed by atoms with Gasteiger partial charge in [0.1, 0.15) is 11.2 Å². The summed E-state index contributed by atoms with van der Waals surface area (Å²) < 4.78 is 5.92. The van der Waals surface area contributed by atoms with Crippen molar-refractivity contribution in [2.24, 2.45) is 0 Å². The number of fused-ring (bicyclic) bond motifs is 2. The van der Waals surface area contributed by atoms with E-state index in [-0.39, 0.29) is 0 Å². The van der Waals surface area contributed by atoms with Crippen LogP contribution in [0.15, 0.2) is 85.2 Å². The molecule has 136 valence electrons. The molecule has 0 aliphatic rings. The van der Waals surface area contributed by atoms with Crippen LogP contribution in [0.4, 0.5) is 0 Å². The number of rotatable bonds is 4. The Morgan fingerprint density at radius 1 is 0.893 bits per heavy atom. The van der Waals surface area contributed by atoms with E-state index in [1.807, 2.05) is 11.3 Å². The minimum atomic E-state index is 0.964. The Labute approximate surface area is 168 Å². The lowest BCUT2D eigenvalue weighted by molar-refractivity contribution is -0.665. The molecule has 2 nitrogen and oxygen atoms in total. The second kappa shape index (κ2) is 7.10. The molecule has 3 heteroatoms. The standard InChI is InChI=1S/C25H21N2S/c1-2-27-23-13-6-7-14-24(23)28-25(27)16-15-20-21(19-10-4-3-5-11-19)18-26-17-9-8-12-22(20)26/h3-18H,2H2,1H3/q+1. The van der Waals surface area contributed by atoms with Gasteiger partial charge >= 0.3 is 0 Å². The monoisotopic (exact) mass is 381 g/mol. The molecule has 0 atom stereocenters. The Kier molecular flexibility index (Phi) is 4.30. The van der Waals surface area contributed by atoms with Crippen molar-refractivity contribution in [3.8, 4) is 11.1 Å². The van der Waals surface area contributed by atoms with Crippen molar-refractivity contribution >= 4 is 39.2 Å². The molecular weight excluding hydrogens is 360 g/mol. The highest BCUT2D eigenvalue weighted by Gasteiger charge is 2.17. The maximum Gasteiger partial charge on any atom is 0.262 e. The minimum Gasteiger partial charge on any atom is -0.323 e. The smallest absolute Gasteiger partial charge is 0.262 e. The van der Waals surface area contributed by atoms with Gasteiger partial charge in [0.15, 0.2) is 0 Å². The predicted molar refractivity (Wildman–Crippen MR) is 119 cm³/mol. The lowest BCUT2D eigenvalue weighted by Gasteiger charge is -2.00. The Hall–Kier alpha value is -3.17. The zero-order valence-corrected chi connectivity index (χ0v) is 16.6. The largest absolute Gasteiger partial charge is 0.323 e. The molecule has 2 aromatic carbocycles.